The number of para-hydroxylation sites is 2. The summed E-state index contributed by atoms with van der Waals surface area (Å²) in [6.07, 6.45) is 8.43. The van der Waals surface area contributed by atoms with Crippen molar-refractivity contribution in [3.8, 4) is 0 Å². The summed E-state index contributed by atoms with van der Waals surface area (Å²) in [5.41, 5.74) is 31.3. The molecular formula is C44H56Br2N6O2. The summed E-state index contributed by atoms with van der Waals surface area (Å²) in [6.45, 7) is 12.3. The van der Waals surface area contributed by atoms with Gasteiger partial charge in [0.25, 0.3) is 0 Å². The highest BCUT2D eigenvalue weighted by molar-refractivity contribution is 5.96. The van der Waals surface area contributed by atoms with E-state index in [1.165, 1.54) is 11.1 Å². The first kappa shape index (κ1) is 44.5. The SMILES string of the molecule is C[C@H](N)C(=O)[N+]1(C)c2ccccc2C(C)(C)C1/C=C/c1ccc(N)cc1.C[C@H](N)C(=O)[N+]1(C)c2ccccc2C(C)(C)C1/C=C/c1ccc(N)cc1.[Br-].[Br-]. The van der Waals surface area contributed by atoms with Gasteiger partial charge in [0.1, 0.15) is 35.5 Å². The molecule has 10 heteroatoms. The van der Waals surface area contributed by atoms with E-state index in [-0.39, 0.29) is 77.7 Å². The maximum Gasteiger partial charge on any atom is 0.335 e. The maximum absolute atomic E-state index is 13.2. The Kier molecular flexibility index (Phi) is 13.9. The standard InChI is InChI=1S/2C22H28N3O.2BrH/c2*1-15(23)21(26)25(4)19-8-6-5-7-18(19)22(2,3)20(25)14-11-16-9-12-17(24)13-10-16;;/h2*5-15,20H,23-24H2,1-4H3;2*1H/q2*+1;;/p-2/b2*14-11+;;/t2*15-,20?,25?;;/m00../s1. The van der Waals surface area contributed by atoms with Gasteiger partial charge in [-0.3, -0.25) is 0 Å². The molecule has 2 amide bonds. The Bertz CT molecular complexity index is 1860. The largest absolute Gasteiger partial charge is 1.00 e. The van der Waals surface area contributed by atoms with E-state index in [1.807, 2.05) is 86.9 Å². The fourth-order valence-electron chi connectivity index (χ4n) is 8.56. The van der Waals surface area contributed by atoms with Crippen molar-refractivity contribution in [2.75, 3.05) is 25.6 Å². The van der Waals surface area contributed by atoms with Gasteiger partial charge in [0.15, 0.2) is 0 Å². The number of halogens is 2. The number of hydrogen-bond donors (Lipinski definition) is 4. The fourth-order valence-corrected chi connectivity index (χ4v) is 8.56. The van der Waals surface area contributed by atoms with Crippen molar-refractivity contribution in [1.82, 2.24) is 8.97 Å². The Balaban J connectivity index is 0.000000280. The number of likely N-dealkylation sites (N-methyl/N-ethyl adjacent to an activating group) is 2. The number of amides is 2. The Morgan fingerprint density at radius 2 is 0.870 bits per heavy atom. The van der Waals surface area contributed by atoms with Crippen LogP contribution in [0, 0.1) is 0 Å². The molecule has 8 N–H and O–H groups in total. The highest BCUT2D eigenvalue weighted by Gasteiger charge is 2.59. The van der Waals surface area contributed by atoms with E-state index < -0.39 is 12.1 Å². The van der Waals surface area contributed by atoms with Crippen molar-refractivity contribution >= 4 is 46.7 Å². The molecule has 288 valence electrons. The first-order chi connectivity index (χ1) is 24.4. The predicted octanol–water partition coefficient (Wildman–Crippen LogP) is 0.914. The molecule has 0 bridgehead atoms. The van der Waals surface area contributed by atoms with Crippen molar-refractivity contribution in [3.63, 3.8) is 0 Å². The van der Waals surface area contributed by atoms with E-state index in [4.69, 9.17) is 22.9 Å². The number of carbonyl (C=O) groups excluding carboxylic acids is 2. The molecule has 0 saturated heterocycles. The number of nitrogens with two attached hydrogens (primary N) is 4. The zero-order chi connectivity index (χ0) is 38.2. The van der Waals surface area contributed by atoms with E-state index in [0.717, 1.165) is 33.9 Å². The van der Waals surface area contributed by atoms with Crippen LogP contribution in [0.3, 0.4) is 0 Å². The molecule has 0 spiro atoms. The molecule has 2 aliphatic heterocycles. The second-order valence-electron chi connectivity index (χ2n) is 15.8. The molecule has 2 heterocycles. The first-order valence-corrected chi connectivity index (χ1v) is 18.0. The first-order valence-electron chi connectivity index (χ1n) is 18.0. The van der Waals surface area contributed by atoms with Gasteiger partial charge in [0, 0.05) is 22.5 Å². The third-order valence-electron chi connectivity index (χ3n) is 11.3. The Morgan fingerprint density at radius 1 is 0.574 bits per heavy atom. The molecule has 0 aliphatic carbocycles. The number of hydrogen-bond acceptors (Lipinski definition) is 6. The van der Waals surface area contributed by atoms with E-state index in [1.54, 1.807) is 13.8 Å². The van der Waals surface area contributed by atoms with E-state index in [2.05, 4.69) is 76.3 Å². The summed E-state index contributed by atoms with van der Waals surface area (Å²) >= 11 is 0. The van der Waals surface area contributed by atoms with E-state index in [0.29, 0.717) is 0 Å². The molecule has 0 fully saturated rings. The van der Waals surface area contributed by atoms with Crippen LogP contribution >= 0.6 is 0 Å². The van der Waals surface area contributed by atoms with Crippen LogP contribution in [0.5, 0.6) is 0 Å². The molecule has 4 aromatic carbocycles. The Hall–Kier alpha value is -3.90. The van der Waals surface area contributed by atoms with Gasteiger partial charge in [0.2, 0.25) is 0 Å². The zero-order valence-electron chi connectivity index (χ0n) is 32.6. The van der Waals surface area contributed by atoms with Gasteiger partial charge in [-0.05, 0) is 101 Å². The van der Waals surface area contributed by atoms with E-state index in [9.17, 15) is 9.59 Å². The van der Waals surface area contributed by atoms with Gasteiger partial charge in [-0.1, -0.05) is 72.8 Å². The molecule has 6 rings (SSSR count). The molecular weight excluding hydrogens is 804 g/mol. The summed E-state index contributed by atoms with van der Waals surface area (Å²) in [7, 11) is 3.97. The number of nitrogens with zero attached hydrogens (tertiary/aromatic N) is 2. The third kappa shape index (κ3) is 7.92. The zero-order valence-corrected chi connectivity index (χ0v) is 35.8. The number of rotatable bonds is 6. The van der Waals surface area contributed by atoms with E-state index >= 15 is 0 Å². The van der Waals surface area contributed by atoms with Crippen LogP contribution in [0.25, 0.3) is 12.2 Å². The number of anilines is 2. The number of fused-ring (bicyclic) bond motifs is 2. The molecule has 0 saturated carbocycles. The van der Waals surface area contributed by atoms with Gasteiger partial charge in [-0.25, -0.2) is 18.6 Å². The van der Waals surface area contributed by atoms with Gasteiger partial charge in [-0.2, -0.15) is 0 Å². The lowest BCUT2D eigenvalue weighted by Gasteiger charge is -2.37. The molecule has 4 unspecified atom stereocenters. The third-order valence-corrected chi connectivity index (χ3v) is 11.3. The highest BCUT2D eigenvalue weighted by atomic mass is 79.9. The van der Waals surface area contributed by atoms with Crippen molar-refractivity contribution in [3.05, 3.63) is 131 Å². The monoisotopic (exact) mass is 858 g/mol. The van der Waals surface area contributed by atoms with Crippen molar-refractivity contribution < 1.29 is 43.6 Å². The predicted molar refractivity (Wildman–Crippen MR) is 219 cm³/mol. The van der Waals surface area contributed by atoms with Gasteiger partial charge >= 0.3 is 11.8 Å². The maximum atomic E-state index is 13.2. The minimum absolute atomic E-state index is 0. The Morgan fingerprint density at radius 3 is 1.17 bits per heavy atom. The summed E-state index contributed by atoms with van der Waals surface area (Å²) in [5.74, 6) is 0.0463. The smallest absolute Gasteiger partial charge is 0.335 e. The second kappa shape index (κ2) is 16.9. The van der Waals surface area contributed by atoms with Gasteiger partial charge in [-0.15, -0.1) is 0 Å². The lowest BCUT2D eigenvalue weighted by molar-refractivity contribution is -0.132. The minimum Gasteiger partial charge on any atom is -1.00 e. The second-order valence-corrected chi connectivity index (χ2v) is 15.8. The van der Waals surface area contributed by atoms with Crippen LogP contribution in [-0.4, -0.2) is 50.1 Å². The molecule has 0 radical (unpaired) electrons. The van der Waals surface area contributed by atoms with Crippen LogP contribution in [-0.2, 0) is 20.4 Å². The van der Waals surface area contributed by atoms with Crippen LogP contribution in [0.15, 0.2) is 109 Å². The average Bonchev–Trinajstić information content (AvgIpc) is 3.41. The van der Waals surface area contributed by atoms with Crippen LogP contribution in [0.1, 0.15) is 63.8 Å². The quantitative estimate of drug-likeness (QED) is 0.168. The number of quaternary nitrogens is 2. The van der Waals surface area contributed by atoms with Crippen molar-refractivity contribution in [1.29, 1.82) is 0 Å². The summed E-state index contributed by atoms with van der Waals surface area (Å²) in [6, 6.07) is 30.7. The number of carbonyl (C=O) groups is 2. The van der Waals surface area contributed by atoms with Crippen LogP contribution in [0.4, 0.5) is 22.7 Å². The van der Waals surface area contributed by atoms with Crippen molar-refractivity contribution in [2.24, 2.45) is 11.5 Å². The Labute approximate surface area is 342 Å². The molecule has 54 heavy (non-hydrogen) atoms. The summed E-state index contributed by atoms with van der Waals surface area (Å²) in [5, 5.41) is 0. The van der Waals surface area contributed by atoms with Crippen molar-refractivity contribution in [2.45, 2.75) is 76.5 Å². The minimum atomic E-state index is -0.533. The number of benzene rings is 4. The molecule has 2 aliphatic rings. The number of nitrogen functional groups attached to an aromatic ring is 2. The summed E-state index contributed by atoms with van der Waals surface area (Å²) in [4.78, 5) is 26.4. The molecule has 4 aromatic rings. The van der Waals surface area contributed by atoms with Gasteiger partial charge in [0.05, 0.1) is 24.9 Å². The molecule has 6 atom stereocenters. The lowest BCUT2D eigenvalue weighted by atomic mass is 9.80. The lowest BCUT2D eigenvalue weighted by Crippen LogP contribution is -3.00. The normalized spacial score (nSPS) is 24.3. The highest BCUT2D eigenvalue weighted by Crippen LogP contribution is 2.51. The summed E-state index contributed by atoms with van der Waals surface area (Å²) < 4.78 is 0.374. The van der Waals surface area contributed by atoms with Crippen LogP contribution < -0.4 is 65.9 Å². The molecule has 0 aromatic heterocycles. The fraction of sp³-hybridized carbons (Fsp3) is 0.318. The molecule has 8 nitrogen and oxygen atoms in total. The topological polar surface area (TPSA) is 138 Å². The average molecular weight is 861 g/mol. The van der Waals surface area contributed by atoms with Gasteiger partial charge < -0.3 is 56.9 Å². The van der Waals surface area contributed by atoms with Crippen LogP contribution in [0.2, 0.25) is 0 Å².